The molecule has 0 saturated heterocycles. The SMILES string of the molecule is C.COC(=O)[C@H](C)Cc1ccc(O)cc1. The Morgan fingerprint density at radius 2 is 1.93 bits per heavy atom. The molecule has 0 saturated carbocycles. The van der Waals surface area contributed by atoms with Crippen molar-refractivity contribution in [2.45, 2.75) is 20.8 Å². The average molecular weight is 210 g/mol. The maximum Gasteiger partial charge on any atom is 0.308 e. The van der Waals surface area contributed by atoms with Crippen LogP contribution in [0, 0.1) is 5.92 Å². The fourth-order valence-corrected chi connectivity index (χ4v) is 1.27. The first-order chi connectivity index (χ1) is 6.63. The highest BCUT2D eigenvalue weighted by atomic mass is 16.5. The van der Waals surface area contributed by atoms with Gasteiger partial charge in [-0.3, -0.25) is 4.79 Å². The van der Waals surface area contributed by atoms with Crippen LogP contribution in [0.2, 0.25) is 0 Å². The van der Waals surface area contributed by atoms with Crippen LogP contribution in [0.4, 0.5) is 0 Å². The summed E-state index contributed by atoms with van der Waals surface area (Å²) in [5.74, 6) is -0.123. The highest BCUT2D eigenvalue weighted by molar-refractivity contribution is 5.72. The van der Waals surface area contributed by atoms with Crippen LogP contribution >= 0.6 is 0 Å². The zero-order valence-corrected chi connectivity index (χ0v) is 8.36. The summed E-state index contributed by atoms with van der Waals surface area (Å²) in [6, 6.07) is 6.82. The van der Waals surface area contributed by atoms with E-state index in [1.807, 2.05) is 6.92 Å². The quantitative estimate of drug-likeness (QED) is 0.779. The number of carbonyl (C=O) groups is 1. The molecule has 0 aliphatic carbocycles. The topological polar surface area (TPSA) is 46.5 Å². The number of esters is 1. The molecule has 1 aromatic rings. The lowest BCUT2D eigenvalue weighted by Gasteiger charge is -2.08. The van der Waals surface area contributed by atoms with Crippen LogP contribution in [0.1, 0.15) is 19.9 Å². The molecule has 0 aliphatic heterocycles. The number of rotatable bonds is 3. The van der Waals surface area contributed by atoms with Crippen molar-refractivity contribution in [3.63, 3.8) is 0 Å². The number of hydrogen-bond donors (Lipinski definition) is 1. The maximum atomic E-state index is 11.1. The number of benzene rings is 1. The Labute approximate surface area is 90.7 Å². The van der Waals surface area contributed by atoms with E-state index in [1.54, 1.807) is 24.3 Å². The van der Waals surface area contributed by atoms with Crippen molar-refractivity contribution >= 4 is 5.97 Å². The van der Waals surface area contributed by atoms with Gasteiger partial charge in [-0.05, 0) is 24.1 Å². The van der Waals surface area contributed by atoms with Crippen molar-refractivity contribution in [1.82, 2.24) is 0 Å². The lowest BCUT2D eigenvalue weighted by molar-refractivity contribution is -0.144. The smallest absolute Gasteiger partial charge is 0.308 e. The Bertz CT molecular complexity index is 303. The molecule has 0 unspecified atom stereocenters. The minimum absolute atomic E-state index is 0. The Morgan fingerprint density at radius 3 is 2.40 bits per heavy atom. The van der Waals surface area contributed by atoms with Gasteiger partial charge in [-0.25, -0.2) is 0 Å². The Kier molecular flexibility index (Phi) is 5.45. The Morgan fingerprint density at radius 1 is 1.40 bits per heavy atom. The molecule has 1 N–H and O–H groups in total. The van der Waals surface area contributed by atoms with Gasteiger partial charge >= 0.3 is 5.97 Å². The molecule has 0 spiro atoms. The zero-order chi connectivity index (χ0) is 10.6. The van der Waals surface area contributed by atoms with E-state index in [1.165, 1.54) is 7.11 Å². The third-order valence-electron chi connectivity index (χ3n) is 2.08. The van der Waals surface area contributed by atoms with E-state index in [4.69, 9.17) is 5.11 Å². The van der Waals surface area contributed by atoms with Crippen LogP contribution in [-0.2, 0) is 16.0 Å². The third kappa shape index (κ3) is 4.02. The zero-order valence-electron chi connectivity index (χ0n) is 8.36. The summed E-state index contributed by atoms with van der Waals surface area (Å²) in [6.07, 6.45) is 0.632. The lowest BCUT2D eigenvalue weighted by atomic mass is 10.0. The van der Waals surface area contributed by atoms with Crippen molar-refractivity contribution in [2.75, 3.05) is 7.11 Å². The van der Waals surface area contributed by atoms with E-state index in [0.29, 0.717) is 6.42 Å². The summed E-state index contributed by atoms with van der Waals surface area (Å²) in [6.45, 7) is 1.82. The molecular weight excluding hydrogens is 192 g/mol. The second-order valence-electron chi connectivity index (χ2n) is 3.29. The van der Waals surface area contributed by atoms with Crippen molar-refractivity contribution in [3.05, 3.63) is 29.8 Å². The molecule has 0 bridgehead atoms. The molecule has 3 nitrogen and oxygen atoms in total. The van der Waals surface area contributed by atoms with Gasteiger partial charge in [-0.15, -0.1) is 0 Å². The predicted molar refractivity (Wildman–Crippen MR) is 59.7 cm³/mol. The van der Waals surface area contributed by atoms with Crippen molar-refractivity contribution in [3.8, 4) is 5.75 Å². The third-order valence-corrected chi connectivity index (χ3v) is 2.08. The summed E-state index contributed by atoms with van der Waals surface area (Å²) in [5, 5.41) is 9.05. The fraction of sp³-hybridized carbons (Fsp3) is 0.417. The second-order valence-corrected chi connectivity index (χ2v) is 3.29. The fourth-order valence-electron chi connectivity index (χ4n) is 1.27. The summed E-state index contributed by atoms with van der Waals surface area (Å²) in [4.78, 5) is 11.1. The standard InChI is InChI=1S/C11H14O3.CH4/c1-8(11(13)14-2)7-9-3-5-10(12)6-4-9;/h3-6,8,12H,7H2,1-2H3;1H4/t8-;/m1./s1. The van der Waals surface area contributed by atoms with Gasteiger partial charge in [0.2, 0.25) is 0 Å². The van der Waals surface area contributed by atoms with E-state index < -0.39 is 0 Å². The molecule has 15 heavy (non-hydrogen) atoms. The van der Waals surface area contributed by atoms with E-state index in [-0.39, 0.29) is 25.1 Å². The number of phenolic OH excluding ortho intramolecular Hbond substituents is 1. The number of methoxy groups -OCH3 is 1. The first kappa shape index (κ1) is 13.5. The minimum Gasteiger partial charge on any atom is -0.508 e. The van der Waals surface area contributed by atoms with Gasteiger partial charge in [0.05, 0.1) is 13.0 Å². The van der Waals surface area contributed by atoms with E-state index in [2.05, 4.69) is 4.74 Å². The van der Waals surface area contributed by atoms with Gasteiger partial charge < -0.3 is 9.84 Å². The number of carbonyl (C=O) groups excluding carboxylic acids is 1. The first-order valence-corrected chi connectivity index (χ1v) is 4.49. The van der Waals surface area contributed by atoms with Gasteiger partial charge in [0, 0.05) is 0 Å². The average Bonchev–Trinajstić information content (AvgIpc) is 2.20. The highest BCUT2D eigenvalue weighted by Crippen LogP contribution is 2.14. The molecule has 0 aliphatic rings. The van der Waals surface area contributed by atoms with Gasteiger partial charge in [-0.2, -0.15) is 0 Å². The summed E-state index contributed by atoms with van der Waals surface area (Å²) < 4.78 is 4.62. The largest absolute Gasteiger partial charge is 0.508 e. The summed E-state index contributed by atoms with van der Waals surface area (Å²) in [5.41, 5.74) is 1.01. The molecule has 0 aromatic heterocycles. The van der Waals surface area contributed by atoms with Gasteiger partial charge in [-0.1, -0.05) is 26.5 Å². The summed E-state index contributed by atoms with van der Waals surface area (Å²) in [7, 11) is 1.38. The van der Waals surface area contributed by atoms with Gasteiger partial charge in [0.15, 0.2) is 0 Å². The van der Waals surface area contributed by atoms with Gasteiger partial charge in [0.25, 0.3) is 0 Å². The first-order valence-electron chi connectivity index (χ1n) is 4.49. The molecule has 1 aromatic carbocycles. The van der Waals surface area contributed by atoms with Crippen LogP contribution in [0.5, 0.6) is 5.75 Å². The van der Waals surface area contributed by atoms with Crippen LogP contribution in [0.3, 0.4) is 0 Å². The van der Waals surface area contributed by atoms with Crippen LogP contribution in [-0.4, -0.2) is 18.2 Å². The van der Waals surface area contributed by atoms with E-state index in [0.717, 1.165) is 5.56 Å². The lowest BCUT2D eigenvalue weighted by Crippen LogP contribution is -2.14. The van der Waals surface area contributed by atoms with Crippen molar-refractivity contribution < 1.29 is 14.6 Å². The van der Waals surface area contributed by atoms with E-state index in [9.17, 15) is 4.79 Å². The molecule has 3 heteroatoms. The minimum atomic E-state index is -0.210. The molecule has 1 rings (SSSR count). The van der Waals surface area contributed by atoms with Crippen molar-refractivity contribution in [2.24, 2.45) is 5.92 Å². The molecule has 0 fully saturated rings. The molecule has 1 atom stereocenters. The number of aromatic hydroxyl groups is 1. The predicted octanol–water partition coefficient (Wildman–Crippen LogP) is 2.38. The number of hydrogen-bond acceptors (Lipinski definition) is 3. The van der Waals surface area contributed by atoms with Crippen molar-refractivity contribution in [1.29, 1.82) is 0 Å². The highest BCUT2D eigenvalue weighted by Gasteiger charge is 2.13. The maximum absolute atomic E-state index is 11.1. The number of phenols is 1. The van der Waals surface area contributed by atoms with Crippen LogP contribution < -0.4 is 0 Å². The molecule has 84 valence electrons. The summed E-state index contributed by atoms with van der Waals surface area (Å²) >= 11 is 0. The molecule has 0 amide bonds. The van der Waals surface area contributed by atoms with Crippen LogP contribution in [0.15, 0.2) is 24.3 Å². The Balaban J connectivity index is 0.00000196. The van der Waals surface area contributed by atoms with E-state index >= 15 is 0 Å². The number of ether oxygens (including phenoxy) is 1. The molecular formula is C12H18O3. The van der Waals surface area contributed by atoms with Crippen LogP contribution in [0.25, 0.3) is 0 Å². The second kappa shape index (κ2) is 6.06. The normalized spacial score (nSPS) is 11.3. The molecule has 0 radical (unpaired) electrons. The molecule has 0 heterocycles. The Hall–Kier alpha value is -1.51. The van der Waals surface area contributed by atoms with Gasteiger partial charge in [0.1, 0.15) is 5.75 Å². The monoisotopic (exact) mass is 210 g/mol.